The van der Waals surface area contributed by atoms with Crippen LogP contribution in [0, 0.1) is 0 Å². The summed E-state index contributed by atoms with van der Waals surface area (Å²) in [5.41, 5.74) is 3.36. The second kappa shape index (κ2) is 8.99. The molecule has 0 radical (unpaired) electrons. The topological polar surface area (TPSA) is 58.2 Å². The lowest BCUT2D eigenvalue weighted by Crippen LogP contribution is -2.22. The van der Waals surface area contributed by atoms with Crippen LogP contribution in [0.4, 0.5) is 11.4 Å². The van der Waals surface area contributed by atoms with Gasteiger partial charge in [0.1, 0.15) is 0 Å². The van der Waals surface area contributed by atoms with Crippen molar-refractivity contribution in [2.75, 3.05) is 16.9 Å². The van der Waals surface area contributed by atoms with Crippen molar-refractivity contribution in [3.63, 3.8) is 0 Å². The minimum Gasteiger partial charge on any atom is -0.382 e. The molecule has 4 nitrogen and oxygen atoms in total. The quantitative estimate of drug-likeness (QED) is 0.783. The summed E-state index contributed by atoms with van der Waals surface area (Å²) in [6.07, 6.45) is 8.08. The van der Waals surface area contributed by atoms with Crippen LogP contribution in [-0.4, -0.2) is 22.4 Å². The van der Waals surface area contributed by atoms with Crippen LogP contribution in [0.1, 0.15) is 48.0 Å². The lowest BCUT2D eigenvalue weighted by Gasteiger charge is -2.23. The van der Waals surface area contributed by atoms with Crippen molar-refractivity contribution >= 4 is 28.1 Å². The van der Waals surface area contributed by atoms with Crippen LogP contribution in [0.25, 0.3) is 0 Å². The van der Waals surface area contributed by atoms with Crippen molar-refractivity contribution in [3.8, 4) is 0 Å². The van der Waals surface area contributed by atoms with Gasteiger partial charge in [0.2, 0.25) is 0 Å². The predicted molar refractivity (Wildman–Crippen MR) is 109 cm³/mol. The minimum atomic E-state index is -0.921. The fourth-order valence-electron chi connectivity index (χ4n) is 3.37. The second-order valence-electron chi connectivity index (χ2n) is 6.93. The van der Waals surface area contributed by atoms with Crippen LogP contribution >= 0.6 is 0 Å². The van der Waals surface area contributed by atoms with Gasteiger partial charge < -0.3 is 10.6 Å². The summed E-state index contributed by atoms with van der Waals surface area (Å²) in [5.74, 6) is 0.310. The molecule has 0 spiro atoms. The van der Waals surface area contributed by atoms with Crippen LogP contribution < -0.4 is 10.6 Å². The molecule has 1 amide bonds. The zero-order valence-corrected chi connectivity index (χ0v) is 16.0. The molecule has 2 aromatic rings. The molecule has 1 fully saturated rings. The monoisotopic (exact) mass is 370 g/mol. The summed E-state index contributed by atoms with van der Waals surface area (Å²) < 4.78 is 11.4. The Morgan fingerprint density at radius 3 is 2.42 bits per heavy atom. The van der Waals surface area contributed by atoms with Crippen LogP contribution in [0.2, 0.25) is 0 Å². The number of nitrogens with one attached hydrogen (secondary N) is 2. The van der Waals surface area contributed by atoms with Gasteiger partial charge in [-0.3, -0.25) is 9.00 Å². The molecule has 1 atom stereocenters. The zero-order valence-electron chi connectivity index (χ0n) is 15.2. The summed E-state index contributed by atoms with van der Waals surface area (Å²) in [6.45, 7) is 0. The van der Waals surface area contributed by atoms with Gasteiger partial charge in [-0.25, -0.2) is 0 Å². The summed E-state index contributed by atoms with van der Waals surface area (Å²) in [6, 6.07) is 15.7. The van der Waals surface area contributed by atoms with Gasteiger partial charge in [0.15, 0.2) is 0 Å². The average Bonchev–Trinajstić information content (AvgIpc) is 2.64. The first-order chi connectivity index (χ1) is 12.6. The fraction of sp³-hybridized carbons (Fsp3) is 0.381. The molecule has 5 heteroatoms. The highest BCUT2D eigenvalue weighted by molar-refractivity contribution is 7.83. The molecule has 2 N–H and O–H groups in total. The van der Waals surface area contributed by atoms with Crippen molar-refractivity contribution < 1.29 is 9.00 Å². The van der Waals surface area contributed by atoms with E-state index in [4.69, 9.17) is 0 Å². The highest BCUT2D eigenvalue weighted by atomic mass is 32.2. The van der Waals surface area contributed by atoms with Gasteiger partial charge in [-0.15, -0.1) is 0 Å². The maximum absolute atomic E-state index is 12.5. The van der Waals surface area contributed by atoms with Crippen molar-refractivity contribution in [2.24, 2.45) is 0 Å². The lowest BCUT2D eigenvalue weighted by atomic mass is 9.95. The molecular formula is C21H26N2O2S. The fourth-order valence-corrected chi connectivity index (χ4v) is 4.02. The second-order valence-corrected chi connectivity index (χ2v) is 8.36. The third-order valence-electron chi connectivity index (χ3n) is 4.68. The Morgan fingerprint density at radius 1 is 1.04 bits per heavy atom. The minimum absolute atomic E-state index is 0.151. The highest BCUT2D eigenvalue weighted by Gasteiger charge is 2.13. The predicted octanol–water partition coefficient (Wildman–Crippen LogP) is 4.56. The number of carbonyl (C=O) groups excluding carboxylic acids is 1. The molecule has 0 unspecified atom stereocenters. The van der Waals surface area contributed by atoms with Crippen LogP contribution in [0.15, 0.2) is 48.5 Å². The van der Waals surface area contributed by atoms with E-state index in [1.54, 1.807) is 18.4 Å². The molecule has 3 rings (SSSR count). The number of hydrogen-bond acceptors (Lipinski definition) is 3. The summed E-state index contributed by atoms with van der Waals surface area (Å²) in [5, 5.41) is 6.50. The van der Waals surface area contributed by atoms with Gasteiger partial charge in [-0.1, -0.05) is 31.4 Å². The van der Waals surface area contributed by atoms with E-state index in [0.29, 0.717) is 17.4 Å². The van der Waals surface area contributed by atoms with Gasteiger partial charge in [0.05, 0.1) is 0 Å². The van der Waals surface area contributed by atoms with Crippen molar-refractivity contribution in [2.45, 2.75) is 43.9 Å². The zero-order chi connectivity index (χ0) is 18.4. The van der Waals surface area contributed by atoms with Gasteiger partial charge in [-0.2, -0.15) is 0 Å². The molecule has 0 saturated heterocycles. The Kier molecular flexibility index (Phi) is 6.45. The third kappa shape index (κ3) is 5.43. The van der Waals surface area contributed by atoms with Crippen LogP contribution in [0.5, 0.6) is 0 Å². The van der Waals surface area contributed by atoms with Crippen LogP contribution in [-0.2, 0) is 16.6 Å². The lowest BCUT2D eigenvalue weighted by molar-refractivity contribution is 0.102. The first-order valence-electron chi connectivity index (χ1n) is 9.17. The number of anilines is 2. The Hall–Kier alpha value is -2.14. The molecule has 26 heavy (non-hydrogen) atoms. The van der Waals surface area contributed by atoms with Crippen molar-refractivity contribution in [1.82, 2.24) is 0 Å². The molecule has 2 aromatic carbocycles. The number of amides is 1. The van der Waals surface area contributed by atoms with E-state index in [2.05, 4.69) is 10.6 Å². The molecule has 1 aliphatic carbocycles. The standard InChI is InChI=1S/C21H26N2O2S/c1-26(25)15-16-6-5-7-17(14-16)21(24)23-20-12-10-19(11-13-20)22-18-8-3-2-4-9-18/h5-7,10-14,18,22H,2-4,8-9,15H2,1H3,(H,23,24)/t26-/m1/s1. The molecule has 0 aromatic heterocycles. The number of rotatable bonds is 6. The van der Waals surface area contributed by atoms with Gasteiger partial charge in [-0.05, 0) is 54.8 Å². The largest absolute Gasteiger partial charge is 0.382 e. The summed E-state index contributed by atoms with van der Waals surface area (Å²) in [7, 11) is -0.921. The smallest absolute Gasteiger partial charge is 0.255 e. The van der Waals surface area contributed by atoms with E-state index < -0.39 is 10.8 Å². The van der Waals surface area contributed by atoms with Crippen molar-refractivity contribution in [1.29, 1.82) is 0 Å². The molecule has 0 aliphatic heterocycles. The maximum atomic E-state index is 12.5. The van der Waals surface area contributed by atoms with E-state index in [1.165, 1.54) is 32.1 Å². The average molecular weight is 371 g/mol. The maximum Gasteiger partial charge on any atom is 0.255 e. The first-order valence-corrected chi connectivity index (χ1v) is 10.9. The first kappa shape index (κ1) is 18.6. The van der Waals surface area contributed by atoms with E-state index in [9.17, 15) is 9.00 Å². The number of carbonyl (C=O) groups is 1. The van der Waals surface area contributed by atoms with Crippen LogP contribution in [0.3, 0.4) is 0 Å². The van der Waals surface area contributed by atoms with E-state index >= 15 is 0 Å². The molecular weight excluding hydrogens is 344 g/mol. The van der Waals surface area contributed by atoms with Gasteiger partial charge >= 0.3 is 0 Å². The third-order valence-corrected chi connectivity index (χ3v) is 5.42. The Labute approximate surface area is 157 Å². The SMILES string of the molecule is C[S@@](=O)Cc1cccc(C(=O)Nc2ccc(NC3CCCCC3)cc2)c1. The Balaban J connectivity index is 1.59. The normalized spacial score (nSPS) is 16.0. The summed E-state index contributed by atoms with van der Waals surface area (Å²) >= 11 is 0. The molecule has 138 valence electrons. The molecule has 0 heterocycles. The molecule has 1 saturated carbocycles. The molecule has 1 aliphatic rings. The van der Waals surface area contributed by atoms with E-state index in [1.807, 2.05) is 36.4 Å². The Morgan fingerprint density at radius 2 is 1.73 bits per heavy atom. The van der Waals surface area contributed by atoms with E-state index in [-0.39, 0.29) is 5.91 Å². The highest BCUT2D eigenvalue weighted by Crippen LogP contribution is 2.22. The number of hydrogen-bond donors (Lipinski definition) is 2. The summed E-state index contributed by atoms with van der Waals surface area (Å²) in [4.78, 5) is 12.5. The van der Waals surface area contributed by atoms with Gasteiger partial charge in [0.25, 0.3) is 5.91 Å². The van der Waals surface area contributed by atoms with Gasteiger partial charge in [0, 0.05) is 45.8 Å². The van der Waals surface area contributed by atoms with Crippen molar-refractivity contribution in [3.05, 3.63) is 59.7 Å². The Bertz CT molecular complexity index is 768. The van der Waals surface area contributed by atoms with E-state index in [0.717, 1.165) is 16.9 Å². The number of benzene rings is 2. The molecule has 0 bridgehead atoms.